The number of benzene rings is 8. The van der Waals surface area contributed by atoms with Crippen LogP contribution in [0.4, 0.5) is 34.1 Å². The number of para-hydroxylation sites is 2. The molecule has 65 heavy (non-hydrogen) atoms. The van der Waals surface area contributed by atoms with Crippen LogP contribution in [0.25, 0.3) is 86.6 Å². The maximum Gasteiger partial charge on any atom is 0.137 e. The normalized spacial score (nSPS) is 11.7. The Morgan fingerprint density at radius 3 is 1.12 bits per heavy atom. The third-order valence-corrected chi connectivity index (χ3v) is 13.4. The summed E-state index contributed by atoms with van der Waals surface area (Å²) in [7, 11) is 0. The summed E-state index contributed by atoms with van der Waals surface area (Å²) < 4.78 is 14.9. The first kappa shape index (κ1) is 37.1. The number of fused-ring (bicyclic) bond motifs is 9. The molecule has 0 radical (unpaired) electrons. The van der Waals surface area contributed by atoms with Crippen LogP contribution in [0.2, 0.25) is 0 Å². The van der Waals surface area contributed by atoms with E-state index in [-0.39, 0.29) is 0 Å². The Morgan fingerprint density at radius 1 is 0.308 bits per heavy atom. The van der Waals surface area contributed by atoms with Crippen molar-refractivity contribution in [2.75, 3.05) is 9.80 Å². The lowest BCUT2D eigenvalue weighted by atomic mass is 10.0. The summed E-state index contributed by atoms with van der Waals surface area (Å²) >= 11 is 1.70. The Morgan fingerprint density at radius 2 is 0.677 bits per heavy atom. The van der Waals surface area contributed by atoms with Crippen LogP contribution < -0.4 is 9.80 Å². The number of pyridine rings is 2. The maximum atomic E-state index is 6.40. The van der Waals surface area contributed by atoms with Gasteiger partial charge in [0, 0.05) is 56.4 Å². The zero-order valence-corrected chi connectivity index (χ0v) is 35.6. The van der Waals surface area contributed by atoms with Gasteiger partial charge >= 0.3 is 0 Å². The summed E-state index contributed by atoms with van der Waals surface area (Å²) in [4.78, 5) is 14.8. The fraction of sp³-hybridized carbons (Fsp3) is 0. The van der Waals surface area contributed by atoms with Gasteiger partial charge in [0.2, 0.25) is 0 Å². The lowest BCUT2D eigenvalue weighted by Crippen LogP contribution is -2.10. The van der Waals surface area contributed by atoms with E-state index in [4.69, 9.17) is 18.8 Å². The van der Waals surface area contributed by atoms with E-state index < -0.39 is 0 Å². The van der Waals surface area contributed by atoms with E-state index in [9.17, 15) is 0 Å². The molecule has 0 unspecified atom stereocenters. The highest BCUT2D eigenvalue weighted by molar-refractivity contribution is 7.25. The molecule has 0 fully saturated rings. The lowest BCUT2D eigenvalue weighted by molar-refractivity contribution is 0.668. The molecule has 0 amide bonds. The van der Waals surface area contributed by atoms with E-state index in [1.54, 1.807) is 11.3 Å². The Labute approximate surface area is 377 Å². The highest BCUT2D eigenvalue weighted by atomic mass is 32.1. The highest BCUT2D eigenvalue weighted by Gasteiger charge is 2.21. The maximum absolute atomic E-state index is 6.40. The summed E-state index contributed by atoms with van der Waals surface area (Å²) in [6.07, 6.45) is 3.92. The predicted octanol–water partition coefficient (Wildman–Crippen LogP) is 16.9. The third-order valence-electron chi connectivity index (χ3n) is 12.3. The number of nitrogens with zero attached hydrogens (tertiary/aromatic N) is 4. The van der Waals surface area contributed by atoms with Crippen LogP contribution in [0, 0.1) is 0 Å². The molecule has 0 saturated carbocycles. The van der Waals surface area contributed by atoms with E-state index in [0.717, 1.165) is 110 Å². The van der Waals surface area contributed by atoms with E-state index in [0.29, 0.717) is 0 Å². The smallest absolute Gasteiger partial charge is 0.137 e. The van der Waals surface area contributed by atoms with Gasteiger partial charge in [-0.1, -0.05) is 121 Å². The Balaban J connectivity index is 0.929. The number of anilines is 6. The zero-order chi connectivity index (χ0) is 42.8. The van der Waals surface area contributed by atoms with E-state index in [1.807, 2.05) is 48.8 Å². The Kier molecular flexibility index (Phi) is 8.60. The molecule has 6 nitrogen and oxygen atoms in total. The first-order chi connectivity index (χ1) is 32.2. The summed E-state index contributed by atoms with van der Waals surface area (Å²) in [6, 6.07) is 72.2. The molecule has 5 aromatic heterocycles. The number of hydrogen-bond acceptors (Lipinski definition) is 7. The lowest BCUT2D eigenvalue weighted by Gasteiger charge is -2.25. The number of aromatic nitrogens is 2. The molecule has 5 heterocycles. The Bertz CT molecular complexity index is 3640. The zero-order valence-electron chi connectivity index (χ0n) is 34.8. The molecule has 13 aromatic rings. The van der Waals surface area contributed by atoms with Crippen molar-refractivity contribution in [3.63, 3.8) is 0 Å². The number of thiophene rings is 1. The second-order valence-corrected chi connectivity index (χ2v) is 17.3. The van der Waals surface area contributed by atoms with Crippen molar-refractivity contribution < 1.29 is 8.83 Å². The molecule has 0 aliphatic carbocycles. The number of rotatable bonds is 8. The second kappa shape index (κ2) is 15.1. The average Bonchev–Trinajstić information content (AvgIpc) is 4.05. The Hall–Kier alpha value is -8.52. The third kappa shape index (κ3) is 6.40. The SMILES string of the molecule is c1ccc(-c2ccc(N(c3ccc4c(c3)oc3ccccc34)c3cnc4c(c3)sc3cc(N(c5ccc(-c6ccccc6)cc5)c5ccc6c(c5)oc5ccccc56)cnc34)cc2)cc1. The van der Waals surface area contributed by atoms with Gasteiger partial charge in [-0.05, 0) is 95.1 Å². The van der Waals surface area contributed by atoms with Gasteiger partial charge in [-0.2, -0.15) is 0 Å². The largest absolute Gasteiger partial charge is 0.456 e. The minimum Gasteiger partial charge on any atom is -0.456 e. The van der Waals surface area contributed by atoms with Crippen molar-refractivity contribution in [2.45, 2.75) is 0 Å². The molecule has 0 bridgehead atoms. The van der Waals surface area contributed by atoms with Gasteiger partial charge in [0.15, 0.2) is 0 Å². The molecule has 0 atom stereocenters. The summed E-state index contributed by atoms with van der Waals surface area (Å²) in [5.74, 6) is 0. The molecule has 0 spiro atoms. The van der Waals surface area contributed by atoms with Crippen molar-refractivity contribution in [1.29, 1.82) is 0 Å². The average molecular weight is 853 g/mol. The minimum absolute atomic E-state index is 0.834. The van der Waals surface area contributed by atoms with Gasteiger partial charge in [-0.25, -0.2) is 0 Å². The van der Waals surface area contributed by atoms with Crippen LogP contribution in [-0.2, 0) is 0 Å². The van der Waals surface area contributed by atoms with Crippen LogP contribution in [0.5, 0.6) is 0 Å². The summed E-state index contributed by atoms with van der Waals surface area (Å²) in [5, 5.41) is 4.38. The highest BCUT2D eigenvalue weighted by Crippen LogP contribution is 2.44. The van der Waals surface area contributed by atoms with Crippen LogP contribution in [0.15, 0.2) is 227 Å². The van der Waals surface area contributed by atoms with Crippen LogP contribution in [0.3, 0.4) is 0 Å². The number of hydrogen-bond donors (Lipinski definition) is 0. The predicted molar refractivity (Wildman–Crippen MR) is 270 cm³/mol. The first-order valence-corrected chi connectivity index (χ1v) is 22.4. The van der Waals surface area contributed by atoms with Gasteiger partial charge in [0.1, 0.15) is 33.4 Å². The monoisotopic (exact) mass is 852 g/mol. The molecule has 7 heteroatoms. The fourth-order valence-corrected chi connectivity index (χ4v) is 10.3. The quantitative estimate of drug-likeness (QED) is 0.152. The van der Waals surface area contributed by atoms with E-state index >= 15 is 0 Å². The number of furan rings is 2. The van der Waals surface area contributed by atoms with Gasteiger partial charge in [0.25, 0.3) is 0 Å². The van der Waals surface area contributed by atoms with Crippen molar-refractivity contribution in [2.24, 2.45) is 0 Å². The van der Waals surface area contributed by atoms with Gasteiger partial charge < -0.3 is 18.6 Å². The molecule has 0 N–H and O–H groups in total. The molecular formula is C58H36N4O2S. The van der Waals surface area contributed by atoms with Gasteiger partial charge in [-0.3, -0.25) is 9.97 Å². The van der Waals surface area contributed by atoms with Crippen molar-refractivity contribution in [3.05, 3.63) is 219 Å². The van der Waals surface area contributed by atoms with Gasteiger partial charge in [-0.15, -0.1) is 11.3 Å². The molecule has 0 aliphatic heterocycles. The molecule has 0 saturated heterocycles. The molecule has 306 valence electrons. The van der Waals surface area contributed by atoms with Crippen molar-refractivity contribution in [1.82, 2.24) is 9.97 Å². The molecule has 13 rings (SSSR count). The van der Waals surface area contributed by atoms with Crippen molar-refractivity contribution in [3.8, 4) is 22.3 Å². The molecule has 8 aromatic carbocycles. The standard InChI is InChI=1S/C58H36N4O2S/c1-3-11-37(12-4-1)39-19-23-41(24-20-39)61(43-27-29-49-47-15-7-9-17-51(47)63-53(49)31-43)45-33-55-57(59-35-45)58-56(65-55)34-46(36-60-58)62(42-25-21-40(22-26-42)38-13-5-2-6-14-38)44-28-30-50-48-16-8-10-18-52(48)64-54(50)32-44/h1-36H. The first-order valence-electron chi connectivity index (χ1n) is 21.6. The summed E-state index contributed by atoms with van der Waals surface area (Å²) in [5.41, 5.74) is 15.7. The van der Waals surface area contributed by atoms with Crippen LogP contribution in [0.1, 0.15) is 0 Å². The van der Waals surface area contributed by atoms with Crippen LogP contribution in [-0.4, -0.2) is 9.97 Å². The fourth-order valence-electron chi connectivity index (χ4n) is 9.21. The van der Waals surface area contributed by atoms with Crippen molar-refractivity contribution >= 4 is 110 Å². The topological polar surface area (TPSA) is 58.5 Å². The van der Waals surface area contributed by atoms with E-state index in [2.05, 4.69) is 180 Å². The molecule has 0 aliphatic rings. The molecular weight excluding hydrogens is 817 g/mol. The second-order valence-electron chi connectivity index (χ2n) is 16.2. The summed E-state index contributed by atoms with van der Waals surface area (Å²) in [6.45, 7) is 0. The van der Waals surface area contributed by atoms with Crippen LogP contribution >= 0.6 is 11.3 Å². The van der Waals surface area contributed by atoms with Gasteiger partial charge in [0.05, 0.1) is 33.2 Å². The van der Waals surface area contributed by atoms with E-state index in [1.165, 1.54) is 11.1 Å². The minimum atomic E-state index is 0.834.